The Hall–Kier alpha value is -2.55. The van der Waals surface area contributed by atoms with Crippen LogP contribution in [-0.2, 0) is 4.79 Å². The van der Waals surface area contributed by atoms with Crippen LogP contribution >= 0.6 is 0 Å². The third-order valence-corrected chi connectivity index (χ3v) is 2.26. The number of hydrogen-bond donors (Lipinski definition) is 2. The average Bonchev–Trinajstić information content (AvgIpc) is 2.44. The third kappa shape index (κ3) is 6.07. The highest BCUT2D eigenvalue weighted by Gasteiger charge is 1.92. The van der Waals surface area contributed by atoms with Crippen LogP contribution in [0.2, 0.25) is 0 Å². The molecule has 0 atom stereocenters. The Labute approximate surface area is 113 Å². The molecule has 0 radical (unpaired) electrons. The van der Waals surface area contributed by atoms with E-state index in [1.165, 1.54) is 11.6 Å². The summed E-state index contributed by atoms with van der Waals surface area (Å²) in [5.74, 6) is 0.145. The molecule has 0 fully saturated rings. The lowest BCUT2D eigenvalue weighted by Crippen LogP contribution is -2.06. The second kappa shape index (κ2) is 7.71. The molecule has 0 aromatic heterocycles. The molecule has 0 aliphatic carbocycles. The lowest BCUT2D eigenvalue weighted by molar-refractivity contribution is -0.111. The minimum Gasteiger partial charge on any atom is -0.508 e. The quantitative estimate of drug-likeness (QED) is 0.807. The van der Waals surface area contributed by atoms with Crippen LogP contribution in [0.4, 0.5) is 5.69 Å². The molecule has 0 spiro atoms. The molecule has 3 heteroatoms. The summed E-state index contributed by atoms with van der Waals surface area (Å²) >= 11 is 0. The average molecular weight is 255 g/mol. The van der Waals surface area contributed by atoms with Crippen LogP contribution in [0.3, 0.4) is 0 Å². The first kappa shape index (κ1) is 14.5. The van der Waals surface area contributed by atoms with Crippen molar-refractivity contribution < 1.29 is 9.90 Å². The maximum atomic E-state index is 10.8. The second-order valence-corrected chi connectivity index (χ2v) is 3.89. The second-order valence-electron chi connectivity index (χ2n) is 3.89. The summed E-state index contributed by atoms with van der Waals surface area (Å²) in [6.45, 7) is 5.33. The highest BCUT2D eigenvalue weighted by atomic mass is 16.3. The number of rotatable bonds is 2. The van der Waals surface area contributed by atoms with Gasteiger partial charge in [-0.1, -0.05) is 42.5 Å². The fourth-order valence-corrected chi connectivity index (χ4v) is 1.26. The molecular formula is C16H17NO2. The van der Waals surface area contributed by atoms with E-state index in [1.54, 1.807) is 12.1 Å². The van der Waals surface area contributed by atoms with Crippen LogP contribution < -0.4 is 5.32 Å². The monoisotopic (exact) mass is 255 g/mol. The summed E-state index contributed by atoms with van der Waals surface area (Å²) in [5, 5.41) is 11.4. The van der Waals surface area contributed by atoms with Gasteiger partial charge in [0.2, 0.25) is 5.91 Å². The lowest BCUT2D eigenvalue weighted by atomic mass is 10.2. The number of carbonyl (C=O) groups is 1. The molecule has 1 amide bonds. The first-order chi connectivity index (χ1) is 9.11. The van der Waals surface area contributed by atoms with E-state index in [4.69, 9.17) is 5.11 Å². The smallest absolute Gasteiger partial charge is 0.247 e. The summed E-state index contributed by atoms with van der Waals surface area (Å²) in [5.41, 5.74) is 1.96. The Kier molecular flexibility index (Phi) is 5.89. The predicted octanol–water partition coefficient (Wildman–Crippen LogP) is 3.51. The van der Waals surface area contributed by atoms with Gasteiger partial charge in [-0.25, -0.2) is 0 Å². The van der Waals surface area contributed by atoms with Crippen molar-refractivity contribution >= 4 is 11.6 Å². The molecule has 3 nitrogen and oxygen atoms in total. The number of para-hydroxylation sites is 1. The Morgan fingerprint density at radius 1 is 1.11 bits per heavy atom. The van der Waals surface area contributed by atoms with Gasteiger partial charge in [0.1, 0.15) is 5.75 Å². The minimum atomic E-state index is -0.184. The molecule has 2 N–H and O–H groups in total. The Balaban J connectivity index is 0.000000200. The third-order valence-electron chi connectivity index (χ3n) is 2.26. The van der Waals surface area contributed by atoms with Crippen LogP contribution in [0.15, 0.2) is 67.3 Å². The molecule has 2 aromatic carbocycles. The molecule has 0 unspecified atom stereocenters. The van der Waals surface area contributed by atoms with Crippen LogP contribution in [0, 0.1) is 6.92 Å². The Bertz CT molecular complexity index is 497. The minimum absolute atomic E-state index is 0.184. The van der Waals surface area contributed by atoms with Crippen molar-refractivity contribution in [3.8, 4) is 5.75 Å². The molecule has 2 aromatic rings. The number of benzene rings is 2. The van der Waals surface area contributed by atoms with E-state index in [2.05, 4.69) is 11.9 Å². The van der Waals surface area contributed by atoms with E-state index in [0.717, 1.165) is 5.69 Å². The SMILES string of the molecule is C=CC(=O)Nc1ccccc1.Cc1ccc(O)cc1. The number of aryl methyl sites for hydroxylation is 1. The summed E-state index contributed by atoms with van der Waals surface area (Å²) in [6.07, 6.45) is 1.24. The van der Waals surface area contributed by atoms with Crippen molar-refractivity contribution in [1.29, 1.82) is 0 Å². The van der Waals surface area contributed by atoms with E-state index >= 15 is 0 Å². The summed E-state index contributed by atoms with van der Waals surface area (Å²) < 4.78 is 0. The highest BCUT2D eigenvalue weighted by Crippen LogP contribution is 2.07. The highest BCUT2D eigenvalue weighted by molar-refractivity contribution is 5.98. The fourth-order valence-electron chi connectivity index (χ4n) is 1.26. The van der Waals surface area contributed by atoms with Gasteiger partial charge >= 0.3 is 0 Å². The van der Waals surface area contributed by atoms with Crippen molar-refractivity contribution in [3.05, 3.63) is 72.8 Å². The number of aromatic hydroxyl groups is 1. The number of anilines is 1. The number of nitrogens with one attached hydrogen (secondary N) is 1. The normalized spacial score (nSPS) is 8.89. The molecule has 2 rings (SSSR count). The topological polar surface area (TPSA) is 49.3 Å². The predicted molar refractivity (Wildman–Crippen MR) is 78.1 cm³/mol. The van der Waals surface area contributed by atoms with Gasteiger partial charge in [0.25, 0.3) is 0 Å². The van der Waals surface area contributed by atoms with Crippen molar-refractivity contribution in [2.75, 3.05) is 5.32 Å². The Morgan fingerprint density at radius 3 is 2.16 bits per heavy atom. The van der Waals surface area contributed by atoms with E-state index < -0.39 is 0 Å². The zero-order chi connectivity index (χ0) is 14.1. The number of carbonyl (C=O) groups excluding carboxylic acids is 1. The fraction of sp³-hybridized carbons (Fsp3) is 0.0625. The number of hydrogen-bond acceptors (Lipinski definition) is 2. The number of phenolic OH excluding ortho intramolecular Hbond substituents is 1. The molecule has 0 saturated heterocycles. The van der Waals surface area contributed by atoms with Crippen molar-refractivity contribution in [2.24, 2.45) is 0 Å². The van der Waals surface area contributed by atoms with E-state index in [-0.39, 0.29) is 5.91 Å². The van der Waals surface area contributed by atoms with Gasteiger partial charge < -0.3 is 10.4 Å². The Morgan fingerprint density at radius 2 is 1.68 bits per heavy atom. The van der Waals surface area contributed by atoms with Crippen molar-refractivity contribution in [3.63, 3.8) is 0 Å². The summed E-state index contributed by atoms with van der Waals surface area (Å²) in [7, 11) is 0. The molecule has 0 bridgehead atoms. The van der Waals surface area contributed by atoms with E-state index in [9.17, 15) is 4.79 Å². The first-order valence-electron chi connectivity index (χ1n) is 5.86. The first-order valence-corrected chi connectivity index (χ1v) is 5.86. The van der Waals surface area contributed by atoms with Gasteiger partial charge in [0.05, 0.1) is 0 Å². The van der Waals surface area contributed by atoms with Crippen LogP contribution in [0.1, 0.15) is 5.56 Å². The van der Waals surface area contributed by atoms with Gasteiger partial charge in [0.15, 0.2) is 0 Å². The van der Waals surface area contributed by atoms with Gasteiger partial charge in [0, 0.05) is 5.69 Å². The van der Waals surface area contributed by atoms with Gasteiger partial charge in [-0.2, -0.15) is 0 Å². The van der Waals surface area contributed by atoms with Crippen LogP contribution in [0.5, 0.6) is 5.75 Å². The maximum Gasteiger partial charge on any atom is 0.247 e. The molecule has 98 valence electrons. The van der Waals surface area contributed by atoms with Crippen molar-refractivity contribution in [2.45, 2.75) is 6.92 Å². The van der Waals surface area contributed by atoms with E-state index in [0.29, 0.717) is 5.75 Å². The largest absolute Gasteiger partial charge is 0.508 e. The number of amides is 1. The summed E-state index contributed by atoms with van der Waals surface area (Å²) in [6, 6.07) is 16.3. The zero-order valence-electron chi connectivity index (χ0n) is 10.8. The van der Waals surface area contributed by atoms with Crippen LogP contribution in [0.25, 0.3) is 0 Å². The van der Waals surface area contributed by atoms with Crippen LogP contribution in [-0.4, -0.2) is 11.0 Å². The molecular weight excluding hydrogens is 238 g/mol. The summed E-state index contributed by atoms with van der Waals surface area (Å²) in [4.78, 5) is 10.8. The molecule has 0 aliphatic heterocycles. The molecule has 19 heavy (non-hydrogen) atoms. The molecule has 0 aliphatic rings. The van der Waals surface area contributed by atoms with Gasteiger partial charge in [-0.05, 0) is 37.3 Å². The van der Waals surface area contributed by atoms with E-state index in [1.807, 2.05) is 49.4 Å². The molecule has 0 heterocycles. The zero-order valence-corrected chi connectivity index (χ0v) is 10.8. The number of phenols is 1. The van der Waals surface area contributed by atoms with Gasteiger partial charge in [-0.3, -0.25) is 4.79 Å². The molecule has 0 saturated carbocycles. The lowest BCUT2D eigenvalue weighted by Gasteiger charge is -1.98. The maximum absolute atomic E-state index is 10.8. The van der Waals surface area contributed by atoms with Gasteiger partial charge in [-0.15, -0.1) is 0 Å². The van der Waals surface area contributed by atoms with Crippen molar-refractivity contribution in [1.82, 2.24) is 0 Å². The standard InChI is InChI=1S/C9H9NO.C7H8O/c1-2-9(11)10-8-6-4-3-5-7-8;1-6-2-4-7(8)5-3-6/h2-7H,1H2,(H,10,11);2-5,8H,1H3.